The lowest BCUT2D eigenvalue weighted by Gasteiger charge is -2.42. The average molecular weight is 781 g/mol. The number of carbonyl (C=O) groups excluding carboxylic acids is 2. The van der Waals surface area contributed by atoms with Gasteiger partial charge in [0.25, 0.3) is 0 Å². The van der Waals surface area contributed by atoms with E-state index in [4.69, 9.17) is 28.4 Å². The quantitative estimate of drug-likeness (QED) is 0.0411. The first-order valence-electron chi connectivity index (χ1n) is 20.6. The summed E-state index contributed by atoms with van der Waals surface area (Å²) in [6, 6.07) is 0. The monoisotopic (exact) mass is 780 g/mol. The highest BCUT2D eigenvalue weighted by molar-refractivity contribution is 5.70. The second-order valence-corrected chi connectivity index (χ2v) is 14.8. The highest BCUT2D eigenvalue weighted by atomic mass is 16.7. The molecule has 2 rings (SSSR count). The van der Waals surface area contributed by atoms with Crippen molar-refractivity contribution in [3.05, 3.63) is 0 Å². The third kappa shape index (κ3) is 18.6. The molecule has 0 saturated carbocycles. The maximum atomic E-state index is 12.8. The second kappa shape index (κ2) is 28.8. The normalized spacial score (nSPS) is 29.2. The molecule has 15 nitrogen and oxygen atoms in total. The summed E-state index contributed by atoms with van der Waals surface area (Å²) >= 11 is 0. The second-order valence-electron chi connectivity index (χ2n) is 14.8. The summed E-state index contributed by atoms with van der Waals surface area (Å²) < 4.78 is 33.3. The first kappa shape index (κ1) is 48.6. The standard InChI is InChI=1S/C39H72O15/c1-3-5-7-9-11-13-15-17-19-21-30(41)49-24-27(52-31(42)22-20-18-16-14-12-10-8-6-4-2)25-50-38-37(48)35(46)33(44)29(54-38)26-51-39-36(47)34(45)32(43)28(23-40)53-39/h27-29,32-40,43-48H,3-26H2,1-2H3/t27?,28-,29-,32+,33+,34+,35+,36-,37-,38?,39?/m1/s1. The number of ether oxygens (including phenoxy) is 6. The molecule has 0 aliphatic carbocycles. The van der Waals surface area contributed by atoms with Gasteiger partial charge in [-0.1, -0.05) is 117 Å². The van der Waals surface area contributed by atoms with Crippen LogP contribution in [0.2, 0.25) is 0 Å². The van der Waals surface area contributed by atoms with Crippen molar-refractivity contribution < 1.29 is 73.8 Å². The molecule has 11 atom stereocenters. The smallest absolute Gasteiger partial charge is 0.306 e. The summed E-state index contributed by atoms with van der Waals surface area (Å²) in [6.07, 6.45) is 3.25. The average Bonchev–Trinajstić information content (AvgIpc) is 3.16. The Hall–Kier alpha value is -1.50. The van der Waals surface area contributed by atoms with Crippen molar-refractivity contribution in [2.75, 3.05) is 26.4 Å². The predicted octanol–water partition coefficient (Wildman–Crippen LogP) is 2.92. The lowest BCUT2D eigenvalue weighted by Crippen LogP contribution is -2.61. The van der Waals surface area contributed by atoms with Gasteiger partial charge in [0.1, 0.15) is 55.4 Å². The van der Waals surface area contributed by atoms with Crippen LogP contribution >= 0.6 is 0 Å². The van der Waals surface area contributed by atoms with Crippen molar-refractivity contribution in [2.45, 2.75) is 210 Å². The van der Waals surface area contributed by atoms with Gasteiger partial charge in [0.05, 0.1) is 19.8 Å². The van der Waals surface area contributed by atoms with E-state index in [9.17, 15) is 45.3 Å². The molecule has 0 aromatic heterocycles. The number of esters is 2. The Labute approximate surface area is 321 Å². The Morgan fingerprint density at radius 3 is 1.44 bits per heavy atom. The molecule has 3 unspecified atom stereocenters. The third-order valence-corrected chi connectivity index (χ3v) is 10.1. The fourth-order valence-corrected chi connectivity index (χ4v) is 6.57. The van der Waals surface area contributed by atoms with Crippen LogP contribution in [0.1, 0.15) is 142 Å². The molecule has 15 heteroatoms. The Kier molecular flexibility index (Phi) is 26.0. The fraction of sp³-hybridized carbons (Fsp3) is 0.949. The first-order valence-corrected chi connectivity index (χ1v) is 20.6. The molecule has 2 aliphatic rings. The molecule has 0 amide bonds. The van der Waals surface area contributed by atoms with E-state index in [0.29, 0.717) is 12.8 Å². The molecule has 54 heavy (non-hydrogen) atoms. The van der Waals surface area contributed by atoms with Crippen LogP contribution in [-0.4, -0.2) is 142 Å². The summed E-state index contributed by atoms with van der Waals surface area (Å²) in [7, 11) is 0. The van der Waals surface area contributed by atoms with Gasteiger partial charge in [-0.25, -0.2) is 0 Å². The van der Waals surface area contributed by atoms with E-state index in [1.165, 1.54) is 64.2 Å². The van der Waals surface area contributed by atoms with Crippen LogP contribution in [0.5, 0.6) is 0 Å². The third-order valence-electron chi connectivity index (χ3n) is 10.1. The summed E-state index contributed by atoms with van der Waals surface area (Å²) in [5.41, 5.74) is 0. The highest BCUT2D eigenvalue weighted by Gasteiger charge is 2.47. The molecule has 2 aliphatic heterocycles. The topological polar surface area (TPSA) is 231 Å². The van der Waals surface area contributed by atoms with Crippen LogP contribution in [0, 0.1) is 0 Å². The summed E-state index contributed by atoms with van der Waals surface area (Å²) in [5, 5.41) is 71.5. The predicted molar refractivity (Wildman–Crippen MR) is 197 cm³/mol. The zero-order chi connectivity index (χ0) is 39.7. The fourth-order valence-electron chi connectivity index (χ4n) is 6.57. The molecule has 318 valence electrons. The van der Waals surface area contributed by atoms with Gasteiger partial charge in [0.2, 0.25) is 0 Å². The van der Waals surface area contributed by atoms with Gasteiger partial charge < -0.3 is 64.2 Å². The van der Waals surface area contributed by atoms with Crippen LogP contribution < -0.4 is 0 Å². The van der Waals surface area contributed by atoms with Crippen LogP contribution in [-0.2, 0) is 38.0 Å². The summed E-state index contributed by atoms with van der Waals surface area (Å²) in [4.78, 5) is 25.4. The number of unbranched alkanes of at least 4 members (excludes halogenated alkanes) is 16. The number of carbonyl (C=O) groups is 2. The molecule has 0 aromatic carbocycles. The number of aliphatic hydroxyl groups excluding tert-OH is 7. The molecule has 2 fully saturated rings. The van der Waals surface area contributed by atoms with Crippen molar-refractivity contribution in [2.24, 2.45) is 0 Å². The van der Waals surface area contributed by atoms with Crippen LogP contribution in [0.3, 0.4) is 0 Å². The van der Waals surface area contributed by atoms with Gasteiger partial charge in [-0.3, -0.25) is 9.59 Å². The SMILES string of the molecule is CCCCCCCCCCCC(=O)OCC(COC1O[C@H](COC2O[C@H](CO)[C@H](O)[C@H](O)[C@H]2O)[C@H](O)[C@H](O)[C@H]1O)OC(=O)CCCCCCCCCCC. The van der Waals surface area contributed by atoms with E-state index in [1.54, 1.807) is 0 Å². The van der Waals surface area contributed by atoms with Crippen molar-refractivity contribution in [3.8, 4) is 0 Å². The van der Waals surface area contributed by atoms with Gasteiger partial charge in [0.15, 0.2) is 18.7 Å². The van der Waals surface area contributed by atoms with Gasteiger partial charge >= 0.3 is 11.9 Å². The Morgan fingerprint density at radius 2 is 0.944 bits per heavy atom. The van der Waals surface area contributed by atoms with E-state index in [2.05, 4.69) is 13.8 Å². The minimum absolute atomic E-state index is 0.170. The molecular weight excluding hydrogens is 708 g/mol. The Balaban J connectivity index is 1.90. The minimum atomic E-state index is -1.76. The largest absolute Gasteiger partial charge is 0.462 e. The number of aliphatic hydroxyl groups is 7. The number of hydrogen-bond donors (Lipinski definition) is 7. The van der Waals surface area contributed by atoms with Crippen LogP contribution in [0.4, 0.5) is 0 Å². The molecule has 0 bridgehead atoms. The molecule has 0 aromatic rings. The number of rotatable bonds is 30. The maximum Gasteiger partial charge on any atom is 0.306 e. The van der Waals surface area contributed by atoms with Gasteiger partial charge in [-0.15, -0.1) is 0 Å². The Bertz CT molecular complexity index is 970. The molecule has 0 spiro atoms. The lowest BCUT2D eigenvalue weighted by atomic mass is 9.98. The van der Waals surface area contributed by atoms with E-state index in [0.717, 1.165) is 38.5 Å². The van der Waals surface area contributed by atoms with Crippen LogP contribution in [0.15, 0.2) is 0 Å². The van der Waals surface area contributed by atoms with Crippen molar-refractivity contribution in [3.63, 3.8) is 0 Å². The summed E-state index contributed by atoms with van der Waals surface area (Å²) in [6.45, 7) is 2.51. The molecule has 0 radical (unpaired) electrons. The van der Waals surface area contributed by atoms with E-state index in [-0.39, 0.29) is 26.1 Å². The summed E-state index contributed by atoms with van der Waals surface area (Å²) in [5.74, 6) is -0.927. The maximum absolute atomic E-state index is 12.8. The van der Waals surface area contributed by atoms with Crippen molar-refractivity contribution in [1.82, 2.24) is 0 Å². The first-order chi connectivity index (χ1) is 26.0. The highest BCUT2D eigenvalue weighted by Crippen LogP contribution is 2.26. The van der Waals surface area contributed by atoms with E-state index >= 15 is 0 Å². The number of hydrogen-bond acceptors (Lipinski definition) is 15. The van der Waals surface area contributed by atoms with Crippen molar-refractivity contribution >= 4 is 11.9 Å². The molecule has 7 N–H and O–H groups in total. The van der Waals surface area contributed by atoms with E-state index in [1.807, 2.05) is 0 Å². The molecule has 2 saturated heterocycles. The lowest BCUT2D eigenvalue weighted by molar-refractivity contribution is -0.332. The zero-order valence-electron chi connectivity index (χ0n) is 32.7. The Morgan fingerprint density at radius 1 is 0.519 bits per heavy atom. The van der Waals surface area contributed by atoms with Gasteiger partial charge in [-0.05, 0) is 12.8 Å². The van der Waals surface area contributed by atoms with Crippen LogP contribution in [0.25, 0.3) is 0 Å². The zero-order valence-corrected chi connectivity index (χ0v) is 32.7. The van der Waals surface area contributed by atoms with Gasteiger partial charge in [-0.2, -0.15) is 0 Å². The van der Waals surface area contributed by atoms with Crippen molar-refractivity contribution in [1.29, 1.82) is 0 Å². The molecular formula is C39H72O15. The van der Waals surface area contributed by atoms with E-state index < -0.39 is 92.7 Å². The minimum Gasteiger partial charge on any atom is -0.462 e. The van der Waals surface area contributed by atoms with Gasteiger partial charge in [0, 0.05) is 12.8 Å². The molecule has 2 heterocycles.